The van der Waals surface area contributed by atoms with Crippen LogP contribution in [0.15, 0.2) is 84.9 Å². The SMILES string of the molecule is COc1ccccc1[C@@]1(O)[C@H](O)CC(c2ccccc2)(c2ccccc2)[C@@H]2CNC[C@@H]21. The number of fused-ring (bicyclic) bond motifs is 1. The van der Waals surface area contributed by atoms with Crippen molar-refractivity contribution < 1.29 is 14.9 Å². The third-order valence-electron chi connectivity index (χ3n) is 7.55. The Hall–Kier alpha value is -2.66. The molecule has 3 N–H and O–H groups in total. The normalized spacial score (nSPS) is 29.3. The minimum absolute atomic E-state index is 0.107. The van der Waals surface area contributed by atoms with E-state index in [1.54, 1.807) is 7.11 Å². The van der Waals surface area contributed by atoms with Crippen LogP contribution in [0.3, 0.4) is 0 Å². The molecule has 2 aliphatic rings. The van der Waals surface area contributed by atoms with Gasteiger partial charge in [-0.3, -0.25) is 0 Å². The van der Waals surface area contributed by atoms with Gasteiger partial charge < -0.3 is 20.3 Å². The van der Waals surface area contributed by atoms with Gasteiger partial charge in [0.2, 0.25) is 0 Å². The largest absolute Gasteiger partial charge is 0.496 e. The highest BCUT2D eigenvalue weighted by molar-refractivity contribution is 5.47. The summed E-state index contributed by atoms with van der Waals surface area (Å²) in [5.74, 6) is 0.546. The van der Waals surface area contributed by atoms with Gasteiger partial charge in [-0.2, -0.15) is 0 Å². The minimum atomic E-state index is -1.40. The van der Waals surface area contributed by atoms with E-state index in [4.69, 9.17) is 4.74 Å². The van der Waals surface area contributed by atoms with E-state index in [1.165, 1.54) is 11.1 Å². The Morgan fingerprint density at radius 1 is 0.806 bits per heavy atom. The van der Waals surface area contributed by atoms with E-state index in [2.05, 4.69) is 53.8 Å². The van der Waals surface area contributed by atoms with Crippen molar-refractivity contribution in [1.29, 1.82) is 0 Å². The van der Waals surface area contributed by atoms with Crippen LogP contribution < -0.4 is 10.1 Å². The Bertz CT molecular complexity index is 999. The standard InChI is InChI=1S/C27H29NO3/c1-31-24-15-9-8-14-21(24)27(30)23-18-28-17-22(23)26(16-25(27)29,19-10-4-2-5-11-19)20-12-6-3-7-13-20/h2-15,22-23,25,28-30H,16-18H2,1H3/t22-,23+,25-,27+/m1/s1. The number of aliphatic hydroxyl groups is 2. The summed E-state index contributed by atoms with van der Waals surface area (Å²) < 4.78 is 5.59. The number of methoxy groups -OCH3 is 1. The summed E-state index contributed by atoms with van der Waals surface area (Å²) in [4.78, 5) is 0. The molecule has 3 aromatic rings. The van der Waals surface area contributed by atoms with Crippen molar-refractivity contribution in [2.75, 3.05) is 20.2 Å². The lowest BCUT2D eigenvalue weighted by atomic mass is 9.51. The van der Waals surface area contributed by atoms with Crippen LogP contribution in [-0.2, 0) is 11.0 Å². The molecule has 160 valence electrons. The number of hydrogen-bond donors (Lipinski definition) is 3. The molecule has 1 aliphatic heterocycles. The number of para-hydroxylation sites is 1. The molecule has 4 nitrogen and oxygen atoms in total. The maximum absolute atomic E-state index is 12.1. The second kappa shape index (κ2) is 7.79. The number of ether oxygens (including phenoxy) is 1. The highest BCUT2D eigenvalue weighted by Gasteiger charge is 2.63. The average Bonchev–Trinajstić information content (AvgIpc) is 3.34. The van der Waals surface area contributed by atoms with Gasteiger partial charge in [-0.25, -0.2) is 0 Å². The van der Waals surface area contributed by atoms with Gasteiger partial charge >= 0.3 is 0 Å². The fourth-order valence-corrected chi connectivity index (χ4v) is 6.17. The molecule has 4 atom stereocenters. The van der Waals surface area contributed by atoms with Gasteiger partial charge in [-0.1, -0.05) is 78.9 Å². The molecule has 1 aliphatic carbocycles. The molecule has 3 aromatic carbocycles. The minimum Gasteiger partial charge on any atom is -0.496 e. The molecule has 0 amide bonds. The second-order valence-corrected chi connectivity index (χ2v) is 8.82. The molecular weight excluding hydrogens is 386 g/mol. The Kier molecular flexibility index (Phi) is 5.09. The third kappa shape index (κ3) is 2.93. The van der Waals surface area contributed by atoms with Crippen molar-refractivity contribution in [3.63, 3.8) is 0 Å². The smallest absolute Gasteiger partial charge is 0.125 e. The molecule has 5 rings (SSSR count). The van der Waals surface area contributed by atoms with Crippen LogP contribution >= 0.6 is 0 Å². The lowest BCUT2D eigenvalue weighted by molar-refractivity contribution is -0.167. The number of aliphatic hydroxyl groups excluding tert-OH is 1. The highest BCUT2D eigenvalue weighted by Crippen LogP contribution is 2.58. The van der Waals surface area contributed by atoms with Gasteiger partial charge in [0, 0.05) is 23.4 Å². The van der Waals surface area contributed by atoms with Gasteiger partial charge in [0.15, 0.2) is 0 Å². The molecule has 1 saturated carbocycles. The number of rotatable bonds is 4. The molecular formula is C27H29NO3. The summed E-state index contributed by atoms with van der Waals surface area (Å²) in [5.41, 5.74) is 1.23. The number of benzene rings is 3. The van der Waals surface area contributed by atoms with Crippen LogP contribution in [0.5, 0.6) is 5.75 Å². The first-order valence-corrected chi connectivity index (χ1v) is 11.0. The molecule has 0 radical (unpaired) electrons. The monoisotopic (exact) mass is 415 g/mol. The first-order valence-electron chi connectivity index (χ1n) is 11.0. The molecule has 0 bridgehead atoms. The van der Waals surface area contributed by atoms with Crippen molar-refractivity contribution in [3.8, 4) is 5.75 Å². The van der Waals surface area contributed by atoms with Gasteiger partial charge in [0.25, 0.3) is 0 Å². The molecule has 2 fully saturated rings. The van der Waals surface area contributed by atoms with Crippen molar-refractivity contribution in [2.24, 2.45) is 11.8 Å². The van der Waals surface area contributed by atoms with Crippen molar-refractivity contribution in [2.45, 2.75) is 23.5 Å². The van der Waals surface area contributed by atoms with E-state index >= 15 is 0 Å². The van der Waals surface area contributed by atoms with Crippen molar-refractivity contribution >= 4 is 0 Å². The first-order chi connectivity index (χ1) is 15.1. The van der Waals surface area contributed by atoms with E-state index in [0.717, 1.165) is 6.54 Å². The molecule has 4 heteroatoms. The summed E-state index contributed by atoms with van der Waals surface area (Å²) >= 11 is 0. The zero-order valence-electron chi connectivity index (χ0n) is 17.7. The molecule has 0 aromatic heterocycles. The zero-order chi connectivity index (χ0) is 21.5. The summed E-state index contributed by atoms with van der Waals surface area (Å²) in [6.07, 6.45) is -0.524. The topological polar surface area (TPSA) is 61.7 Å². The lowest BCUT2D eigenvalue weighted by Crippen LogP contribution is -2.60. The zero-order valence-corrected chi connectivity index (χ0v) is 17.7. The Balaban J connectivity index is 1.72. The quantitative estimate of drug-likeness (QED) is 0.611. The summed E-state index contributed by atoms with van der Waals surface area (Å²) in [5, 5.41) is 27.4. The predicted molar refractivity (Wildman–Crippen MR) is 121 cm³/mol. The molecule has 31 heavy (non-hydrogen) atoms. The Morgan fingerprint density at radius 2 is 1.35 bits per heavy atom. The van der Waals surface area contributed by atoms with E-state index in [-0.39, 0.29) is 11.8 Å². The lowest BCUT2D eigenvalue weighted by Gasteiger charge is -2.55. The van der Waals surface area contributed by atoms with Crippen LogP contribution in [0.2, 0.25) is 0 Å². The maximum atomic E-state index is 12.1. The molecule has 1 heterocycles. The average molecular weight is 416 g/mol. The summed E-state index contributed by atoms with van der Waals surface area (Å²) in [6.45, 7) is 1.41. The van der Waals surface area contributed by atoms with Crippen LogP contribution in [-0.4, -0.2) is 36.5 Å². The van der Waals surface area contributed by atoms with Crippen molar-refractivity contribution in [3.05, 3.63) is 102 Å². The number of nitrogens with one attached hydrogen (secondary N) is 1. The van der Waals surface area contributed by atoms with E-state index in [9.17, 15) is 10.2 Å². The summed E-state index contributed by atoms with van der Waals surface area (Å²) in [6, 6.07) is 28.4. The van der Waals surface area contributed by atoms with Gasteiger partial charge in [-0.05, 0) is 36.1 Å². The van der Waals surface area contributed by atoms with Crippen LogP contribution in [0.1, 0.15) is 23.1 Å². The van der Waals surface area contributed by atoms with E-state index in [1.807, 2.05) is 36.4 Å². The van der Waals surface area contributed by atoms with Gasteiger partial charge in [0.1, 0.15) is 11.4 Å². The Morgan fingerprint density at radius 3 is 1.97 bits per heavy atom. The van der Waals surface area contributed by atoms with E-state index in [0.29, 0.717) is 24.3 Å². The molecule has 0 spiro atoms. The third-order valence-corrected chi connectivity index (χ3v) is 7.55. The highest BCUT2D eigenvalue weighted by atomic mass is 16.5. The van der Waals surface area contributed by atoms with Gasteiger partial charge in [-0.15, -0.1) is 0 Å². The fourth-order valence-electron chi connectivity index (χ4n) is 6.17. The predicted octanol–water partition coefficient (Wildman–Crippen LogP) is 3.47. The van der Waals surface area contributed by atoms with Crippen LogP contribution in [0, 0.1) is 11.8 Å². The second-order valence-electron chi connectivity index (χ2n) is 8.82. The van der Waals surface area contributed by atoms with Crippen molar-refractivity contribution in [1.82, 2.24) is 5.32 Å². The number of hydrogen-bond acceptors (Lipinski definition) is 4. The summed E-state index contributed by atoms with van der Waals surface area (Å²) in [7, 11) is 1.61. The van der Waals surface area contributed by atoms with Crippen LogP contribution in [0.4, 0.5) is 0 Å². The van der Waals surface area contributed by atoms with E-state index < -0.39 is 17.1 Å². The Labute approximate surface area is 183 Å². The fraction of sp³-hybridized carbons (Fsp3) is 0.333. The maximum Gasteiger partial charge on any atom is 0.125 e. The van der Waals surface area contributed by atoms with Gasteiger partial charge in [0.05, 0.1) is 13.2 Å². The van der Waals surface area contributed by atoms with Crippen LogP contribution in [0.25, 0.3) is 0 Å². The molecule has 1 saturated heterocycles. The molecule has 0 unspecified atom stereocenters. The first kappa shape index (κ1) is 20.3.